The molecule has 0 aliphatic heterocycles. The normalized spacial score (nSPS) is 27.4. The number of nitrogens with two attached hydrogens (primary N) is 1. The van der Waals surface area contributed by atoms with Crippen LogP contribution in [0, 0.1) is 11.3 Å². The number of hydrogen-bond acceptors (Lipinski definition) is 2. The van der Waals surface area contributed by atoms with E-state index in [0.29, 0.717) is 12.6 Å². The molecule has 3 nitrogen and oxygen atoms in total. The van der Waals surface area contributed by atoms with Crippen LogP contribution in [0.1, 0.15) is 52.9 Å². The van der Waals surface area contributed by atoms with Crippen LogP contribution < -0.4 is 11.1 Å². The molecule has 1 saturated carbocycles. The van der Waals surface area contributed by atoms with E-state index in [1.54, 1.807) is 0 Å². The molecule has 1 aliphatic carbocycles. The van der Waals surface area contributed by atoms with Crippen LogP contribution in [0.5, 0.6) is 0 Å². The zero-order valence-corrected chi connectivity index (χ0v) is 10.9. The number of primary amides is 1. The highest BCUT2D eigenvalue weighted by atomic mass is 16.1. The van der Waals surface area contributed by atoms with Crippen LogP contribution in [0.3, 0.4) is 0 Å². The van der Waals surface area contributed by atoms with E-state index in [-0.39, 0.29) is 5.91 Å². The van der Waals surface area contributed by atoms with E-state index in [4.69, 9.17) is 5.73 Å². The summed E-state index contributed by atoms with van der Waals surface area (Å²) in [5.41, 5.74) is 4.93. The van der Waals surface area contributed by atoms with Crippen molar-refractivity contribution in [3.8, 4) is 0 Å². The lowest BCUT2D eigenvalue weighted by atomic mass is 9.92. The molecular formula is C13H26N2O. The maximum Gasteiger partial charge on any atom is 0.224 e. The van der Waals surface area contributed by atoms with Crippen LogP contribution in [0.2, 0.25) is 0 Å². The molecule has 2 atom stereocenters. The molecule has 1 rings (SSSR count). The van der Waals surface area contributed by atoms with Gasteiger partial charge in [-0.3, -0.25) is 4.79 Å². The third-order valence-corrected chi connectivity index (χ3v) is 3.76. The molecule has 0 saturated heterocycles. The van der Waals surface area contributed by atoms with Crippen LogP contribution >= 0.6 is 0 Å². The monoisotopic (exact) mass is 226 g/mol. The Bertz CT molecular complexity index is 238. The molecule has 16 heavy (non-hydrogen) atoms. The third-order valence-electron chi connectivity index (χ3n) is 3.76. The molecular weight excluding hydrogens is 200 g/mol. The van der Waals surface area contributed by atoms with E-state index in [9.17, 15) is 4.79 Å². The highest BCUT2D eigenvalue weighted by Crippen LogP contribution is 2.23. The summed E-state index contributed by atoms with van der Waals surface area (Å²) in [5, 5.41) is 3.50. The minimum absolute atomic E-state index is 0.220. The predicted molar refractivity (Wildman–Crippen MR) is 67.0 cm³/mol. The SMILES string of the molecule is CC1CCCC(NCC(C)(C)C(N)=O)CC1. The van der Waals surface area contributed by atoms with Gasteiger partial charge in [0.25, 0.3) is 0 Å². The van der Waals surface area contributed by atoms with Crippen molar-refractivity contribution in [3.63, 3.8) is 0 Å². The van der Waals surface area contributed by atoms with Gasteiger partial charge in [-0.2, -0.15) is 0 Å². The second kappa shape index (κ2) is 5.67. The molecule has 1 fully saturated rings. The molecule has 0 heterocycles. The molecule has 3 N–H and O–H groups in total. The first-order valence-corrected chi connectivity index (χ1v) is 6.45. The van der Waals surface area contributed by atoms with Crippen molar-refractivity contribution in [3.05, 3.63) is 0 Å². The molecule has 3 heteroatoms. The molecule has 0 spiro atoms. The third kappa shape index (κ3) is 4.12. The van der Waals surface area contributed by atoms with Gasteiger partial charge in [0.05, 0.1) is 5.41 Å². The molecule has 0 aromatic rings. The van der Waals surface area contributed by atoms with Crippen molar-refractivity contribution in [1.82, 2.24) is 5.32 Å². The van der Waals surface area contributed by atoms with Crippen molar-refractivity contribution in [2.45, 2.75) is 58.9 Å². The molecule has 94 valence electrons. The van der Waals surface area contributed by atoms with Gasteiger partial charge in [-0.25, -0.2) is 0 Å². The second-order valence-electron chi connectivity index (χ2n) is 5.94. The first-order chi connectivity index (χ1) is 7.42. The van der Waals surface area contributed by atoms with Crippen LogP contribution in [0.15, 0.2) is 0 Å². The van der Waals surface area contributed by atoms with Gasteiger partial charge < -0.3 is 11.1 Å². The maximum absolute atomic E-state index is 11.2. The topological polar surface area (TPSA) is 55.1 Å². The number of nitrogens with one attached hydrogen (secondary N) is 1. The maximum atomic E-state index is 11.2. The van der Waals surface area contributed by atoms with Gasteiger partial charge in [-0.15, -0.1) is 0 Å². The quantitative estimate of drug-likeness (QED) is 0.721. The van der Waals surface area contributed by atoms with Gasteiger partial charge in [0.1, 0.15) is 0 Å². The summed E-state index contributed by atoms with van der Waals surface area (Å²) >= 11 is 0. The fraction of sp³-hybridized carbons (Fsp3) is 0.923. The first-order valence-electron chi connectivity index (χ1n) is 6.45. The zero-order chi connectivity index (χ0) is 12.2. The smallest absolute Gasteiger partial charge is 0.224 e. The summed E-state index contributed by atoms with van der Waals surface area (Å²) in [4.78, 5) is 11.2. The van der Waals surface area contributed by atoms with Gasteiger partial charge in [0.2, 0.25) is 5.91 Å². The van der Waals surface area contributed by atoms with Crippen LogP contribution in [-0.4, -0.2) is 18.5 Å². The van der Waals surface area contributed by atoms with E-state index in [2.05, 4.69) is 12.2 Å². The van der Waals surface area contributed by atoms with Gasteiger partial charge in [0.15, 0.2) is 0 Å². The summed E-state index contributed by atoms with van der Waals surface area (Å²) in [6.07, 6.45) is 6.41. The average molecular weight is 226 g/mol. The van der Waals surface area contributed by atoms with Gasteiger partial charge in [-0.05, 0) is 39.0 Å². The van der Waals surface area contributed by atoms with Crippen LogP contribution in [0.25, 0.3) is 0 Å². The molecule has 2 unspecified atom stereocenters. The predicted octanol–water partition coefficient (Wildman–Crippen LogP) is 2.06. The number of carbonyl (C=O) groups excluding carboxylic acids is 1. The minimum Gasteiger partial charge on any atom is -0.369 e. The molecule has 1 aliphatic rings. The number of hydrogen-bond donors (Lipinski definition) is 2. The Morgan fingerprint density at radius 3 is 2.62 bits per heavy atom. The fourth-order valence-corrected chi connectivity index (χ4v) is 2.18. The lowest BCUT2D eigenvalue weighted by molar-refractivity contribution is -0.125. The van der Waals surface area contributed by atoms with Crippen LogP contribution in [-0.2, 0) is 4.79 Å². The Labute approximate surface area is 99.2 Å². The van der Waals surface area contributed by atoms with Gasteiger partial charge in [-0.1, -0.05) is 19.8 Å². The number of rotatable bonds is 4. The van der Waals surface area contributed by atoms with Gasteiger partial charge in [0, 0.05) is 12.6 Å². The summed E-state index contributed by atoms with van der Waals surface area (Å²) in [6, 6.07) is 0.573. The van der Waals surface area contributed by atoms with Crippen molar-refractivity contribution < 1.29 is 4.79 Å². The highest BCUT2D eigenvalue weighted by molar-refractivity contribution is 5.80. The lowest BCUT2D eigenvalue weighted by Crippen LogP contribution is -2.43. The van der Waals surface area contributed by atoms with E-state index in [1.807, 2.05) is 13.8 Å². The lowest BCUT2D eigenvalue weighted by Gasteiger charge is -2.25. The van der Waals surface area contributed by atoms with E-state index >= 15 is 0 Å². The van der Waals surface area contributed by atoms with Crippen molar-refractivity contribution in [1.29, 1.82) is 0 Å². The average Bonchev–Trinajstić information content (AvgIpc) is 2.40. The number of carbonyl (C=O) groups is 1. The molecule has 1 amide bonds. The van der Waals surface area contributed by atoms with Crippen LogP contribution in [0.4, 0.5) is 0 Å². The number of amides is 1. The summed E-state index contributed by atoms with van der Waals surface area (Å²) in [6.45, 7) is 6.83. The van der Waals surface area contributed by atoms with E-state index in [1.165, 1.54) is 32.1 Å². The van der Waals surface area contributed by atoms with Crippen molar-refractivity contribution in [2.24, 2.45) is 17.1 Å². The van der Waals surface area contributed by atoms with Crippen molar-refractivity contribution >= 4 is 5.91 Å². The molecule has 0 radical (unpaired) electrons. The van der Waals surface area contributed by atoms with E-state index < -0.39 is 5.41 Å². The molecule has 0 bridgehead atoms. The summed E-state index contributed by atoms with van der Waals surface area (Å²) < 4.78 is 0. The zero-order valence-electron chi connectivity index (χ0n) is 10.9. The Morgan fingerprint density at radius 1 is 1.31 bits per heavy atom. The first kappa shape index (κ1) is 13.5. The largest absolute Gasteiger partial charge is 0.369 e. The Balaban J connectivity index is 2.34. The second-order valence-corrected chi connectivity index (χ2v) is 5.94. The summed E-state index contributed by atoms with van der Waals surface area (Å²) in [5.74, 6) is 0.637. The van der Waals surface area contributed by atoms with Gasteiger partial charge >= 0.3 is 0 Å². The minimum atomic E-state index is -0.433. The highest BCUT2D eigenvalue weighted by Gasteiger charge is 2.26. The Hall–Kier alpha value is -0.570. The standard InChI is InChI=1S/C13H26N2O/c1-10-5-4-6-11(8-7-10)15-9-13(2,3)12(14)16/h10-11,15H,4-9H2,1-3H3,(H2,14,16). The van der Waals surface area contributed by atoms with E-state index in [0.717, 1.165) is 5.92 Å². The Kier molecular flexibility index (Phi) is 4.78. The summed E-state index contributed by atoms with van der Waals surface area (Å²) in [7, 11) is 0. The Morgan fingerprint density at radius 2 is 2.00 bits per heavy atom. The fourth-order valence-electron chi connectivity index (χ4n) is 2.18. The van der Waals surface area contributed by atoms with Crippen molar-refractivity contribution in [2.75, 3.05) is 6.54 Å². The molecule has 0 aromatic heterocycles. The molecule has 0 aromatic carbocycles.